The first kappa shape index (κ1) is 20.1. The van der Waals surface area contributed by atoms with Crippen LogP contribution in [0.25, 0.3) is 0 Å². The van der Waals surface area contributed by atoms with Crippen molar-refractivity contribution in [3.8, 4) is 0 Å². The van der Waals surface area contributed by atoms with Gasteiger partial charge in [-0.3, -0.25) is 4.79 Å². The molecule has 0 aliphatic heterocycles. The summed E-state index contributed by atoms with van der Waals surface area (Å²) in [6.07, 6.45) is 4.63. The average molecular weight is 409 g/mol. The highest BCUT2D eigenvalue weighted by atomic mass is 35.5. The van der Waals surface area contributed by atoms with E-state index in [9.17, 15) is 4.79 Å². The van der Waals surface area contributed by atoms with Crippen LogP contribution in [-0.2, 0) is 4.79 Å². The van der Waals surface area contributed by atoms with Gasteiger partial charge in [0.1, 0.15) is 0 Å². The van der Waals surface area contributed by atoms with Crippen LogP contribution >= 0.6 is 23.4 Å². The fraction of sp³-hybridized carbons (Fsp3) is 0.556. The molecule has 0 saturated heterocycles. The lowest BCUT2D eigenvalue weighted by atomic mass is 10.1. The third-order valence-corrected chi connectivity index (χ3v) is 6.12. The predicted molar refractivity (Wildman–Crippen MR) is 107 cm³/mol. The summed E-state index contributed by atoms with van der Waals surface area (Å²) < 4.78 is 1.87. The van der Waals surface area contributed by atoms with Gasteiger partial charge in [-0.1, -0.05) is 54.4 Å². The zero-order valence-electron chi connectivity index (χ0n) is 15.6. The van der Waals surface area contributed by atoms with Gasteiger partial charge in [0, 0.05) is 11.6 Å². The van der Waals surface area contributed by atoms with Gasteiger partial charge in [0.15, 0.2) is 0 Å². The summed E-state index contributed by atoms with van der Waals surface area (Å²) in [4.78, 5) is 14.4. The summed E-state index contributed by atoms with van der Waals surface area (Å²) in [5.74, 6) is 0.246. The minimum atomic E-state index is -0.0418. The number of nitrogens with zero attached hydrogens (tertiary/aromatic N) is 5. The maximum absolute atomic E-state index is 12.4. The highest BCUT2D eigenvalue weighted by Crippen LogP contribution is 2.31. The Morgan fingerprint density at radius 2 is 2.11 bits per heavy atom. The highest BCUT2D eigenvalue weighted by molar-refractivity contribution is 7.99. The number of halogens is 1. The zero-order chi connectivity index (χ0) is 19.2. The maximum atomic E-state index is 12.4. The number of tetrazole rings is 1. The molecule has 1 aliphatic rings. The fourth-order valence-electron chi connectivity index (χ4n) is 3.37. The molecule has 1 aliphatic carbocycles. The molecule has 9 heteroatoms. The first-order valence-corrected chi connectivity index (χ1v) is 10.5. The minimum absolute atomic E-state index is 0.0106. The van der Waals surface area contributed by atoms with E-state index in [2.05, 4.69) is 25.7 Å². The van der Waals surface area contributed by atoms with Gasteiger partial charge in [-0.05, 0) is 49.0 Å². The van der Waals surface area contributed by atoms with Crippen molar-refractivity contribution in [2.45, 2.75) is 42.9 Å². The molecule has 0 bridgehead atoms. The van der Waals surface area contributed by atoms with Crippen LogP contribution in [0.3, 0.4) is 0 Å². The van der Waals surface area contributed by atoms with E-state index in [1.54, 1.807) is 0 Å². The largest absolute Gasteiger partial charge is 0.353 e. The molecule has 1 aromatic heterocycles. The molecular formula is C18H25ClN6OS. The number of benzene rings is 1. The molecule has 2 aromatic rings. The Balaban J connectivity index is 1.53. The van der Waals surface area contributed by atoms with Gasteiger partial charge < -0.3 is 10.2 Å². The molecule has 1 N–H and O–H groups in total. The number of carbonyl (C=O) groups is 1. The summed E-state index contributed by atoms with van der Waals surface area (Å²) in [5.41, 5.74) is 1.00. The molecule has 146 valence electrons. The molecule has 0 radical (unpaired) electrons. The van der Waals surface area contributed by atoms with E-state index in [1.165, 1.54) is 24.6 Å². The van der Waals surface area contributed by atoms with E-state index < -0.39 is 0 Å². The molecule has 1 fully saturated rings. The molecule has 1 saturated carbocycles. The minimum Gasteiger partial charge on any atom is -0.353 e. The van der Waals surface area contributed by atoms with Crippen molar-refractivity contribution >= 4 is 29.3 Å². The Kier molecular flexibility index (Phi) is 7.09. The second-order valence-electron chi connectivity index (χ2n) is 6.94. The van der Waals surface area contributed by atoms with E-state index in [0.717, 1.165) is 18.4 Å². The molecular weight excluding hydrogens is 384 g/mol. The van der Waals surface area contributed by atoms with Crippen molar-refractivity contribution in [3.05, 3.63) is 34.9 Å². The quantitative estimate of drug-likeness (QED) is 0.677. The van der Waals surface area contributed by atoms with Crippen LogP contribution in [0, 0.1) is 0 Å². The Bertz CT molecular complexity index is 762. The lowest BCUT2D eigenvalue weighted by Gasteiger charge is -2.26. The van der Waals surface area contributed by atoms with E-state index in [1.807, 2.05) is 43.0 Å². The number of hydrogen-bond donors (Lipinski definition) is 1. The summed E-state index contributed by atoms with van der Waals surface area (Å²) >= 11 is 7.70. The topological polar surface area (TPSA) is 75.9 Å². The van der Waals surface area contributed by atoms with Crippen molar-refractivity contribution in [3.63, 3.8) is 0 Å². The van der Waals surface area contributed by atoms with Crippen molar-refractivity contribution in [1.82, 2.24) is 30.4 Å². The number of thioether (sulfide) groups is 1. The second-order valence-corrected chi connectivity index (χ2v) is 8.29. The molecule has 1 heterocycles. The molecule has 1 unspecified atom stereocenters. The van der Waals surface area contributed by atoms with Gasteiger partial charge >= 0.3 is 0 Å². The lowest BCUT2D eigenvalue weighted by molar-refractivity contribution is -0.118. The van der Waals surface area contributed by atoms with Gasteiger partial charge in [0.25, 0.3) is 0 Å². The van der Waals surface area contributed by atoms with Crippen molar-refractivity contribution in [2.24, 2.45) is 0 Å². The standard InChI is InChI=1S/C18H25ClN6OS/c1-24(2)16(14-9-5-6-10-15(14)19)11-20-17(26)12-27-18-21-22-23-25(18)13-7-3-4-8-13/h5-6,9-10,13,16H,3-4,7-8,11-12H2,1-2H3,(H,20,26). The monoisotopic (exact) mass is 408 g/mol. The molecule has 1 aromatic carbocycles. The molecule has 7 nitrogen and oxygen atoms in total. The normalized spacial score (nSPS) is 16.0. The van der Waals surface area contributed by atoms with Gasteiger partial charge in [0.2, 0.25) is 11.1 Å². The summed E-state index contributed by atoms with van der Waals surface area (Å²) in [6, 6.07) is 8.10. The Labute approximate surface area is 168 Å². The predicted octanol–water partition coefficient (Wildman–Crippen LogP) is 2.95. The lowest BCUT2D eigenvalue weighted by Crippen LogP contribution is -2.35. The van der Waals surface area contributed by atoms with Crippen LogP contribution in [0.1, 0.15) is 43.3 Å². The molecule has 1 atom stereocenters. The average Bonchev–Trinajstić information content (AvgIpc) is 3.32. The van der Waals surface area contributed by atoms with Crippen LogP contribution in [0.15, 0.2) is 29.4 Å². The molecule has 3 rings (SSSR count). The molecule has 0 spiro atoms. The summed E-state index contributed by atoms with van der Waals surface area (Å²) in [7, 11) is 3.95. The fourth-order valence-corrected chi connectivity index (χ4v) is 4.40. The number of nitrogens with one attached hydrogen (secondary N) is 1. The van der Waals surface area contributed by atoms with Crippen molar-refractivity contribution < 1.29 is 4.79 Å². The first-order valence-electron chi connectivity index (χ1n) is 9.14. The van der Waals surface area contributed by atoms with Crippen LogP contribution in [-0.4, -0.2) is 57.4 Å². The number of amides is 1. The number of carbonyl (C=O) groups excluding carboxylic acids is 1. The highest BCUT2D eigenvalue weighted by Gasteiger charge is 2.22. The van der Waals surface area contributed by atoms with Gasteiger partial charge in [-0.2, -0.15) is 0 Å². The third-order valence-electron chi connectivity index (χ3n) is 4.85. The second kappa shape index (κ2) is 9.52. The van der Waals surface area contributed by atoms with Gasteiger partial charge in [0.05, 0.1) is 17.8 Å². The summed E-state index contributed by atoms with van der Waals surface area (Å²) in [5, 5.41) is 16.4. The first-order chi connectivity index (χ1) is 13.1. The summed E-state index contributed by atoms with van der Waals surface area (Å²) in [6.45, 7) is 0.490. The number of hydrogen-bond acceptors (Lipinski definition) is 6. The van der Waals surface area contributed by atoms with Gasteiger partial charge in [-0.15, -0.1) is 5.10 Å². The smallest absolute Gasteiger partial charge is 0.230 e. The Morgan fingerprint density at radius 3 is 2.81 bits per heavy atom. The Morgan fingerprint density at radius 1 is 1.37 bits per heavy atom. The van der Waals surface area contributed by atoms with Crippen molar-refractivity contribution in [1.29, 1.82) is 0 Å². The van der Waals surface area contributed by atoms with Crippen molar-refractivity contribution in [2.75, 3.05) is 26.4 Å². The van der Waals surface area contributed by atoms with Crippen LogP contribution in [0.2, 0.25) is 5.02 Å². The van der Waals surface area contributed by atoms with Crippen LogP contribution in [0.4, 0.5) is 0 Å². The van der Waals surface area contributed by atoms with E-state index in [4.69, 9.17) is 11.6 Å². The van der Waals surface area contributed by atoms with Crippen LogP contribution in [0.5, 0.6) is 0 Å². The van der Waals surface area contributed by atoms with Crippen LogP contribution < -0.4 is 5.32 Å². The third kappa shape index (κ3) is 5.21. The number of aromatic nitrogens is 4. The maximum Gasteiger partial charge on any atom is 0.230 e. The van der Waals surface area contributed by atoms with Gasteiger partial charge in [-0.25, -0.2) is 4.68 Å². The molecule has 27 heavy (non-hydrogen) atoms. The number of rotatable bonds is 8. The SMILES string of the molecule is CN(C)C(CNC(=O)CSc1nnnn1C1CCCC1)c1ccccc1Cl. The van der Waals surface area contributed by atoms with E-state index in [-0.39, 0.29) is 17.7 Å². The Hall–Kier alpha value is -1.64. The van der Waals surface area contributed by atoms with E-state index >= 15 is 0 Å². The van der Waals surface area contributed by atoms with E-state index in [0.29, 0.717) is 22.8 Å². The number of likely N-dealkylation sites (N-methyl/N-ethyl adjacent to an activating group) is 1. The zero-order valence-corrected chi connectivity index (χ0v) is 17.2. The molecule has 1 amide bonds.